The molecular formula is C42H32FNO2S. The topological polar surface area (TPSA) is 37.4 Å². The van der Waals surface area contributed by atoms with Crippen LogP contribution in [-0.2, 0) is 5.41 Å². The fourth-order valence-corrected chi connectivity index (χ4v) is 8.88. The Bertz CT molecular complexity index is 2320. The van der Waals surface area contributed by atoms with Crippen LogP contribution < -0.4 is 4.90 Å². The SMILES string of the molecule is Cc1cc(C)c(-c2ccc3c(c2)C(C)(C)c2cc(C=C4C(=O)c5ccccc5C4=O)sc2N3c2ccc(F)c3ccccc23)c(C)c1. The lowest BCUT2D eigenvalue weighted by atomic mass is 9.74. The highest BCUT2D eigenvalue weighted by molar-refractivity contribution is 7.17. The molecule has 1 aliphatic heterocycles. The van der Waals surface area contributed by atoms with Gasteiger partial charge in [0, 0.05) is 32.2 Å². The van der Waals surface area contributed by atoms with Crippen molar-refractivity contribution in [3.8, 4) is 11.1 Å². The first-order valence-electron chi connectivity index (χ1n) is 15.8. The first-order valence-corrected chi connectivity index (χ1v) is 16.6. The third kappa shape index (κ3) is 4.37. The molecule has 0 spiro atoms. The fraction of sp³-hybridized carbons (Fsp3) is 0.143. The van der Waals surface area contributed by atoms with E-state index in [4.69, 9.17) is 0 Å². The molecule has 5 aromatic carbocycles. The van der Waals surface area contributed by atoms with E-state index in [1.54, 1.807) is 41.7 Å². The number of halogens is 1. The molecular weight excluding hydrogens is 602 g/mol. The lowest BCUT2D eigenvalue weighted by Crippen LogP contribution is -2.29. The van der Waals surface area contributed by atoms with Crippen LogP contribution in [0.15, 0.2) is 103 Å². The lowest BCUT2D eigenvalue weighted by Gasteiger charge is -2.40. The average Bonchev–Trinajstić information content (AvgIpc) is 3.58. The second-order valence-corrected chi connectivity index (χ2v) is 14.3. The van der Waals surface area contributed by atoms with E-state index in [9.17, 15) is 9.59 Å². The van der Waals surface area contributed by atoms with E-state index in [0.29, 0.717) is 16.5 Å². The number of hydrogen-bond donors (Lipinski definition) is 0. The summed E-state index contributed by atoms with van der Waals surface area (Å²) in [5, 5.41) is 2.35. The molecule has 3 nitrogen and oxygen atoms in total. The monoisotopic (exact) mass is 633 g/mol. The highest BCUT2D eigenvalue weighted by Gasteiger charge is 2.40. The normalized spacial score (nSPS) is 14.8. The summed E-state index contributed by atoms with van der Waals surface area (Å²) in [7, 11) is 0. The van der Waals surface area contributed by atoms with Crippen LogP contribution in [0.2, 0.25) is 0 Å². The van der Waals surface area contributed by atoms with Crippen molar-refractivity contribution >= 4 is 56.1 Å². The van der Waals surface area contributed by atoms with Crippen LogP contribution in [0.5, 0.6) is 0 Å². The average molecular weight is 634 g/mol. The van der Waals surface area contributed by atoms with E-state index in [0.717, 1.165) is 43.3 Å². The molecule has 1 aliphatic carbocycles. The highest BCUT2D eigenvalue weighted by atomic mass is 32.1. The number of thiophene rings is 1. The quantitative estimate of drug-likeness (QED) is 0.144. The number of allylic oxidation sites excluding steroid dienone is 1. The Balaban J connectivity index is 1.37. The van der Waals surface area contributed by atoms with Gasteiger partial charge in [0.15, 0.2) is 11.6 Å². The maximum Gasteiger partial charge on any atom is 0.197 e. The van der Waals surface area contributed by atoms with E-state index in [1.807, 2.05) is 30.3 Å². The van der Waals surface area contributed by atoms with Crippen molar-refractivity contribution in [3.63, 3.8) is 0 Å². The third-order valence-electron chi connectivity index (χ3n) is 9.77. The number of carbonyl (C=O) groups is 2. The Morgan fingerprint density at radius 3 is 2.00 bits per heavy atom. The van der Waals surface area contributed by atoms with Crippen LogP contribution in [0.25, 0.3) is 28.0 Å². The number of ketones is 2. The zero-order valence-corrected chi connectivity index (χ0v) is 27.7. The summed E-state index contributed by atoms with van der Waals surface area (Å²) in [6, 6.07) is 31.2. The summed E-state index contributed by atoms with van der Waals surface area (Å²) in [4.78, 5) is 29.7. The predicted molar refractivity (Wildman–Crippen MR) is 191 cm³/mol. The van der Waals surface area contributed by atoms with E-state index < -0.39 is 5.41 Å². The molecule has 0 fully saturated rings. The molecule has 0 atom stereocenters. The predicted octanol–water partition coefficient (Wildman–Crippen LogP) is 11.2. The molecule has 0 bridgehead atoms. The molecule has 2 heterocycles. The van der Waals surface area contributed by atoms with Crippen molar-refractivity contribution < 1.29 is 14.0 Å². The van der Waals surface area contributed by atoms with Gasteiger partial charge in [-0.25, -0.2) is 4.39 Å². The van der Waals surface area contributed by atoms with Gasteiger partial charge in [-0.1, -0.05) is 86.1 Å². The van der Waals surface area contributed by atoms with E-state index in [-0.39, 0.29) is 23.0 Å². The molecule has 0 radical (unpaired) electrons. The van der Waals surface area contributed by atoms with Gasteiger partial charge in [-0.15, -0.1) is 11.3 Å². The second kappa shape index (κ2) is 10.4. The Labute approximate surface area is 277 Å². The Morgan fingerprint density at radius 1 is 0.702 bits per heavy atom. The molecule has 0 unspecified atom stereocenters. The molecule has 2 aliphatic rings. The van der Waals surface area contributed by atoms with Gasteiger partial charge in [0.1, 0.15) is 10.8 Å². The third-order valence-corrected chi connectivity index (χ3v) is 10.8. The lowest BCUT2D eigenvalue weighted by molar-refractivity contribution is 0.0990. The van der Waals surface area contributed by atoms with Crippen LogP contribution in [0.4, 0.5) is 20.8 Å². The van der Waals surface area contributed by atoms with Crippen LogP contribution in [-0.4, -0.2) is 11.6 Å². The fourth-order valence-electron chi connectivity index (χ4n) is 7.59. The summed E-state index contributed by atoms with van der Waals surface area (Å²) < 4.78 is 15.1. The van der Waals surface area contributed by atoms with Crippen molar-refractivity contribution in [3.05, 3.63) is 152 Å². The van der Waals surface area contributed by atoms with Gasteiger partial charge in [-0.3, -0.25) is 9.59 Å². The van der Waals surface area contributed by atoms with Gasteiger partial charge in [-0.2, -0.15) is 0 Å². The van der Waals surface area contributed by atoms with Gasteiger partial charge in [0.25, 0.3) is 0 Å². The van der Waals surface area contributed by atoms with Crippen molar-refractivity contribution in [2.75, 3.05) is 4.90 Å². The second-order valence-electron chi connectivity index (χ2n) is 13.2. The van der Waals surface area contributed by atoms with E-state index in [2.05, 4.69) is 75.9 Å². The van der Waals surface area contributed by atoms with E-state index >= 15 is 4.39 Å². The number of rotatable bonds is 3. The number of Topliss-reactive ketones (excluding diaryl/α,β-unsaturated/α-hetero) is 2. The smallest absolute Gasteiger partial charge is 0.197 e. The first-order chi connectivity index (χ1) is 22.5. The summed E-state index contributed by atoms with van der Waals surface area (Å²) in [5.41, 5.74) is 10.9. The summed E-state index contributed by atoms with van der Waals surface area (Å²) in [6.45, 7) is 10.9. The minimum absolute atomic E-state index is 0.187. The van der Waals surface area contributed by atoms with Crippen LogP contribution in [0, 0.1) is 26.6 Å². The van der Waals surface area contributed by atoms with Gasteiger partial charge < -0.3 is 4.90 Å². The Hall–Kier alpha value is -5.13. The van der Waals surface area contributed by atoms with Crippen LogP contribution in [0.3, 0.4) is 0 Å². The maximum atomic E-state index is 15.1. The molecule has 0 saturated heterocycles. The van der Waals surface area contributed by atoms with Crippen molar-refractivity contribution in [2.45, 2.75) is 40.0 Å². The number of carbonyl (C=O) groups excluding carboxylic acids is 2. The minimum atomic E-state index is -0.417. The van der Waals surface area contributed by atoms with Crippen molar-refractivity contribution in [2.24, 2.45) is 0 Å². The Kier molecular flexibility index (Phi) is 6.51. The molecule has 230 valence electrons. The maximum absolute atomic E-state index is 15.1. The number of fused-ring (bicyclic) bond motifs is 4. The number of hydrogen-bond acceptors (Lipinski definition) is 4. The Morgan fingerprint density at radius 2 is 1.32 bits per heavy atom. The molecule has 6 aromatic rings. The van der Waals surface area contributed by atoms with Gasteiger partial charge in [0.2, 0.25) is 0 Å². The van der Waals surface area contributed by atoms with Gasteiger partial charge in [0.05, 0.1) is 16.9 Å². The molecule has 0 amide bonds. The van der Waals surface area contributed by atoms with Crippen LogP contribution >= 0.6 is 11.3 Å². The molecule has 0 saturated carbocycles. The summed E-state index contributed by atoms with van der Waals surface area (Å²) in [6.07, 6.45) is 1.75. The molecule has 1 aromatic heterocycles. The molecule has 5 heteroatoms. The minimum Gasteiger partial charge on any atom is -0.301 e. The van der Waals surface area contributed by atoms with Crippen molar-refractivity contribution in [1.29, 1.82) is 0 Å². The number of benzene rings is 5. The number of aryl methyl sites for hydroxylation is 3. The largest absolute Gasteiger partial charge is 0.301 e. The highest BCUT2D eigenvalue weighted by Crippen LogP contribution is 2.57. The van der Waals surface area contributed by atoms with Gasteiger partial charge in [-0.05, 0) is 90.6 Å². The van der Waals surface area contributed by atoms with Gasteiger partial charge >= 0.3 is 0 Å². The summed E-state index contributed by atoms with van der Waals surface area (Å²) in [5.74, 6) is -0.749. The zero-order valence-electron chi connectivity index (χ0n) is 26.9. The molecule has 0 N–H and O–H groups in total. The number of anilines is 3. The molecule has 8 rings (SSSR count). The number of nitrogens with zero attached hydrogens (tertiary/aromatic N) is 1. The summed E-state index contributed by atoms with van der Waals surface area (Å²) >= 11 is 1.54. The standard InChI is InChI=1S/C42H32FNO2S/c1-23-18-24(2)38(25(3)19-23)26-14-16-37-33(20-26)42(4,5)34-22-27(21-32-39(45)30-12-8-9-13-31(30)40(32)46)47-41(34)44(37)36-17-15-35(43)28-10-6-7-11-29(28)36/h6-22H,1-5H3. The molecule has 47 heavy (non-hydrogen) atoms. The van der Waals surface area contributed by atoms with Crippen LogP contribution in [0.1, 0.15) is 67.3 Å². The van der Waals surface area contributed by atoms with E-state index in [1.165, 1.54) is 28.3 Å². The zero-order chi connectivity index (χ0) is 32.8. The van der Waals surface area contributed by atoms with Crippen molar-refractivity contribution in [1.82, 2.24) is 0 Å². The first kappa shape index (κ1) is 29.3.